The van der Waals surface area contributed by atoms with Crippen LogP contribution in [0.2, 0.25) is 0 Å². The molecule has 0 fully saturated rings. The Morgan fingerprint density at radius 1 is 1.45 bits per heavy atom. The summed E-state index contributed by atoms with van der Waals surface area (Å²) < 4.78 is 0. The van der Waals surface area contributed by atoms with Gasteiger partial charge < -0.3 is 15.9 Å². The van der Waals surface area contributed by atoms with Gasteiger partial charge in [0, 0.05) is 0 Å². The summed E-state index contributed by atoms with van der Waals surface area (Å²) in [5.74, 6) is -0.881. The molecule has 1 atom stereocenters. The molecule has 1 aromatic heterocycles. The number of aromatic nitrogens is 4. The summed E-state index contributed by atoms with van der Waals surface area (Å²) in [5.41, 5.74) is 6.37. The number of rotatable bonds is 4. The lowest BCUT2D eigenvalue weighted by atomic mass is 10.1. The summed E-state index contributed by atoms with van der Waals surface area (Å²) in [7, 11) is 1.57. The quantitative estimate of drug-likeness (QED) is 0.533. The van der Waals surface area contributed by atoms with Crippen molar-refractivity contribution in [2.45, 2.75) is 12.5 Å². The van der Waals surface area contributed by atoms with Gasteiger partial charge in [-0.25, -0.2) is 0 Å². The fourth-order valence-electron chi connectivity index (χ4n) is 1.58. The smallest absolute Gasteiger partial charge is 0.270 e. The van der Waals surface area contributed by atoms with E-state index in [1.807, 2.05) is 0 Å². The van der Waals surface area contributed by atoms with E-state index in [4.69, 9.17) is 5.73 Å². The Bertz CT molecular complexity index is 626. The maximum absolute atomic E-state index is 11.8. The van der Waals surface area contributed by atoms with Gasteiger partial charge in [-0.1, -0.05) is 11.2 Å². The number of amides is 1. The normalized spacial score (nSPS) is 12.1. The molecule has 0 radical (unpaired) electrons. The van der Waals surface area contributed by atoms with Gasteiger partial charge in [-0.3, -0.25) is 10.1 Å². The fourth-order valence-corrected chi connectivity index (χ4v) is 1.58. The molecule has 106 valence electrons. The maximum atomic E-state index is 11.8. The van der Waals surface area contributed by atoms with Crippen LogP contribution in [0, 0.1) is 0 Å². The van der Waals surface area contributed by atoms with Crippen molar-refractivity contribution in [3.05, 3.63) is 23.8 Å². The van der Waals surface area contributed by atoms with E-state index in [9.17, 15) is 15.0 Å². The van der Waals surface area contributed by atoms with E-state index in [-0.39, 0.29) is 23.9 Å². The van der Waals surface area contributed by atoms with Crippen molar-refractivity contribution in [1.29, 1.82) is 0 Å². The van der Waals surface area contributed by atoms with Crippen LogP contribution in [0.4, 0.5) is 5.95 Å². The summed E-state index contributed by atoms with van der Waals surface area (Å²) in [6.07, 6.45) is 0.194. The molecule has 9 heteroatoms. The molecule has 1 heterocycles. The third-order valence-electron chi connectivity index (χ3n) is 2.58. The average molecular weight is 278 g/mol. The van der Waals surface area contributed by atoms with Crippen LogP contribution < -0.4 is 11.1 Å². The minimum Gasteiger partial charge on any atom is -0.504 e. The number of hydrogen-bond donors (Lipinski definition) is 4. The molecule has 0 aliphatic rings. The number of nitrogens with two attached hydrogens (primary N) is 1. The van der Waals surface area contributed by atoms with Crippen LogP contribution in [-0.2, 0) is 18.3 Å². The molecule has 0 spiro atoms. The van der Waals surface area contributed by atoms with Gasteiger partial charge in [0.2, 0.25) is 5.91 Å². The molecule has 9 nitrogen and oxygen atoms in total. The SMILES string of the molecule is Cn1nnc(NC(=O)[C@@H](N)Cc2ccc(O)c(O)c2)n1. The summed E-state index contributed by atoms with van der Waals surface area (Å²) in [6.45, 7) is 0. The Morgan fingerprint density at radius 2 is 2.20 bits per heavy atom. The molecule has 0 saturated carbocycles. The van der Waals surface area contributed by atoms with Gasteiger partial charge in [-0.2, -0.15) is 4.80 Å². The molecule has 0 bridgehead atoms. The van der Waals surface area contributed by atoms with E-state index < -0.39 is 11.9 Å². The van der Waals surface area contributed by atoms with E-state index in [1.54, 1.807) is 13.1 Å². The number of carbonyl (C=O) groups excluding carboxylic acids is 1. The number of anilines is 1. The fraction of sp³-hybridized carbons (Fsp3) is 0.273. The lowest BCUT2D eigenvalue weighted by Gasteiger charge is -2.10. The summed E-state index contributed by atoms with van der Waals surface area (Å²) in [4.78, 5) is 13.0. The van der Waals surface area contributed by atoms with Gasteiger partial charge in [0.1, 0.15) is 0 Å². The first-order valence-electron chi connectivity index (χ1n) is 5.77. The maximum Gasteiger partial charge on any atom is 0.270 e. The van der Waals surface area contributed by atoms with Crippen molar-refractivity contribution in [3.8, 4) is 11.5 Å². The third kappa shape index (κ3) is 3.20. The number of phenolic OH excluding ortho intramolecular Hbond substituents is 2. The van der Waals surface area contributed by atoms with Crippen molar-refractivity contribution in [2.75, 3.05) is 5.32 Å². The van der Waals surface area contributed by atoms with Crippen LogP contribution in [0.1, 0.15) is 5.56 Å². The monoisotopic (exact) mass is 278 g/mol. The van der Waals surface area contributed by atoms with Crippen LogP contribution in [-0.4, -0.2) is 42.4 Å². The van der Waals surface area contributed by atoms with Crippen LogP contribution in [0.25, 0.3) is 0 Å². The molecule has 2 aromatic rings. The predicted octanol–water partition coefficient (Wildman–Crippen LogP) is -0.870. The van der Waals surface area contributed by atoms with Gasteiger partial charge in [0.15, 0.2) is 11.5 Å². The Morgan fingerprint density at radius 3 is 2.80 bits per heavy atom. The highest BCUT2D eigenvalue weighted by Crippen LogP contribution is 2.25. The first kappa shape index (κ1) is 13.7. The van der Waals surface area contributed by atoms with Gasteiger partial charge >= 0.3 is 0 Å². The highest BCUT2D eigenvalue weighted by atomic mass is 16.3. The van der Waals surface area contributed by atoms with E-state index in [0.717, 1.165) is 0 Å². The zero-order chi connectivity index (χ0) is 14.7. The van der Waals surface area contributed by atoms with Crippen LogP contribution >= 0.6 is 0 Å². The number of phenols is 2. The molecule has 0 aliphatic heterocycles. The number of hydrogen-bond acceptors (Lipinski definition) is 7. The number of aromatic hydroxyl groups is 2. The minimum atomic E-state index is -0.845. The molecule has 5 N–H and O–H groups in total. The number of nitrogens with zero attached hydrogens (tertiary/aromatic N) is 4. The number of benzene rings is 1. The average Bonchev–Trinajstić information content (AvgIpc) is 2.79. The number of nitrogens with one attached hydrogen (secondary N) is 1. The molecular weight excluding hydrogens is 264 g/mol. The first-order valence-corrected chi connectivity index (χ1v) is 5.77. The molecular formula is C11H14N6O3. The van der Waals surface area contributed by atoms with E-state index in [1.165, 1.54) is 16.9 Å². The van der Waals surface area contributed by atoms with Crippen molar-refractivity contribution >= 4 is 11.9 Å². The van der Waals surface area contributed by atoms with E-state index >= 15 is 0 Å². The van der Waals surface area contributed by atoms with Crippen molar-refractivity contribution < 1.29 is 15.0 Å². The minimum absolute atomic E-state index is 0.0708. The third-order valence-corrected chi connectivity index (χ3v) is 2.58. The van der Waals surface area contributed by atoms with Crippen LogP contribution in [0.15, 0.2) is 18.2 Å². The molecule has 1 aromatic carbocycles. The molecule has 0 aliphatic carbocycles. The first-order chi connectivity index (χ1) is 9.45. The van der Waals surface area contributed by atoms with Crippen molar-refractivity contribution in [1.82, 2.24) is 20.2 Å². The second kappa shape index (κ2) is 5.53. The Balaban J connectivity index is 1.98. The topological polar surface area (TPSA) is 139 Å². The Labute approximate surface area is 114 Å². The molecule has 0 unspecified atom stereocenters. The molecule has 2 rings (SSSR count). The van der Waals surface area contributed by atoms with Gasteiger partial charge in [0.05, 0.1) is 13.1 Å². The number of carbonyl (C=O) groups is 1. The van der Waals surface area contributed by atoms with Gasteiger partial charge in [-0.05, 0) is 29.3 Å². The predicted molar refractivity (Wildman–Crippen MR) is 68.9 cm³/mol. The second-order valence-corrected chi connectivity index (χ2v) is 4.23. The van der Waals surface area contributed by atoms with Crippen LogP contribution in [0.3, 0.4) is 0 Å². The summed E-state index contributed by atoms with van der Waals surface area (Å²) in [6, 6.07) is 3.41. The van der Waals surface area contributed by atoms with Gasteiger partial charge in [0.25, 0.3) is 5.95 Å². The summed E-state index contributed by atoms with van der Waals surface area (Å²) >= 11 is 0. The lowest BCUT2D eigenvalue weighted by Crippen LogP contribution is -2.37. The van der Waals surface area contributed by atoms with Crippen molar-refractivity contribution in [2.24, 2.45) is 12.8 Å². The zero-order valence-electron chi connectivity index (χ0n) is 10.7. The zero-order valence-corrected chi connectivity index (χ0v) is 10.7. The highest BCUT2D eigenvalue weighted by molar-refractivity contribution is 5.93. The number of aryl methyl sites for hydroxylation is 1. The van der Waals surface area contributed by atoms with Crippen LogP contribution in [0.5, 0.6) is 11.5 Å². The molecule has 0 saturated heterocycles. The summed E-state index contributed by atoms with van der Waals surface area (Å²) in [5, 5.41) is 32.0. The Hall–Kier alpha value is -2.68. The standard InChI is InChI=1S/C11H14N6O3/c1-17-15-11(14-16-17)13-10(20)7(12)4-6-2-3-8(18)9(19)5-6/h2-3,5,7,18-19H,4,12H2,1H3,(H,13,15,20)/t7-/m0/s1. The molecule has 1 amide bonds. The van der Waals surface area contributed by atoms with E-state index in [0.29, 0.717) is 5.56 Å². The van der Waals surface area contributed by atoms with Gasteiger partial charge in [-0.15, -0.1) is 5.10 Å². The number of tetrazole rings is 1. The van der Waals surface area contributed by atoms with Crippen molar-refractivity contribution in [3.63, 3.8) is 0 Å². The van der Waals surface area contributed by atoms with E-state index in [2.05, 4.69) is 20.7 Å². The second-order valence-electron chi connectivity index (χ2n) is 4.23. The lowest BCUT2D eigenvalue weighted by molar-refractivity contribution is -0.117. The Kier molecular flexibility index (Phi) is 3.80. The molecule has 20 heavy (non-hydrogen) atoms. The largest absolute Gasteiger partial charge is 0.504 e. The highest BCUT2D eigenvalue weighted by Gasteiger charge is 2.16.